The number of carbonyl (C=O) groups is 3. The first-order valence-electron chi connectivity index (χ1n) is 6.41. The van der Waals surface area contributed by atoms with Gasteiger partial charge in [-0.3, -0.25) is 0 Å². The molecule has 0 amide bonds. The average Bonchev–Trinajstić information content (AvgIpc) is 2.82. The highest BCUT2D eigenvalue weighted by atomic mass is 16.5. The minimum absolute atomic E-state index is 0.00331. The molecule has 2 rings (SSSR count). The average molecular weight is 260 g/mol. The lowest BCUT2D eigenvalue weighted by atomic mass is 9.94. The molecule has 3 atom stereocenters. The zero-order valence-corrected chi connectivity index (χ0v) is 10.5. The molecule has 0 radical (unpaired) electrons. The van der Waals surface area contributed by atoms with Crippen molar-refractivity contribution in [2.75, 3.05) is 0 Å². The monoisotopic (exact) mass is 260 g/mol. The fourth-order valence-corrected chi connectivity index (χ4v) is 2.58. The Balaban J connectivity index is 2.01. The van der Waals surface area contributed by atoms with Gasteiger partial charge in [0.05, 0.1) is 11.5 Å². The maximum absolute atomic E-state index is 11.9. The van der Waals surface area contributed by atoms with Crippen LogP contribution in [0.2, 0.25) is 0 Å². The van der Waals surface area contributed by atoms with E-state index in [4.69, 9.17) is 4.74 Å². The molecule has 1 aromatic rings. The van der Waals surface area contributed by atoms with E-state index in [-0.39, 0.29) is 11.8 Å². The normalized spacial score (nSPS) is 25.8. The number of carbonyl (C=O) groups excluding carboxylic acids is 3. The Labute approximate surface area is 111 Å². The van der Waals surface area contributed by atoms with E-state index in [1.54, 1.807) is 24.3 Å². The SMILES string of the molecule is O=CC[C@H]1CC[C@@H](OC(=O)c2ccccc2)C1C=O. The molecule has 1 aliphatic rings. The van der Waals surface area contributed by atoms with Crippen LogP contribution in [-0.2, 0) is 14.3 Å². The summed E-state index contributed by atoms with van der Waals surface area (Å²) in [5.74, 6) is -0.773. The van der Waals surface area contributed by atoms with Crippen LogP contribution in [0.3, 0.4) is 0 Å². The molecule has 1 aromatic carbocycles. The van der Waals surface area contributed by atoms with Crippen molar-refractivity contribution >= 4 is 18.5 Å². The number of ether oxygens (including phenoxy) is 1. The predicted molar refractivity (Wildman–Crippen MR) is 68.6 cm³/mol. The highest BCUT2D eigenvalue weighted by molar-refractivity contribution is 5.89. The van der Waals surface area contributed by atoms with Crippen LogP contribution in [0.1, 0.15) is 29.6 Å². The van der Waals surface area contributed by atoms with E-state index in [2.05, 4.69) is 0 Å². The van der Waals surface area contributed by atoms with E-state index < -0.39 is 12.1 Å². The molecule has 0 heterocycles. The second kappa shape index (κ2) is 6.27. The Morgan fingerprint density at radius 1 is 1.21 bits per heavy atom. The standard InChI is InChI=1S/C15H16O4/c16-9-8-11-6-7-14(13(11)10-17)19-15(18)12-4-2-1-3-5-12/h1-5,9-11,13-14H,6-8H2/t11-,13?,14-/m1/s1. The minimum atomic E-state index is -0.413. The molecule has 100 valence electrons. The molecule has 0 bridgehead atoms. The van der Waals surface area contributed by atoms with Crippen molar-refractivity contribution in [3.63, 3.8) is 0 Å². The Bertz CT molecular complexity index is 454. The first-order chi connectivity index (χ1) is 9.26. The summed E-state index contributed by atoms with van der Waals surface area (Å²) >= 11 is 0. The quantitative estimate of drug-likeness (QED) is 0.600. The molecule has 0 aliphatic heterocycles. The van der Waals surface area contributed by atoms with E-state index in [1.165, 1.54) is 0 Å². The summed E-state index contributed by atoms with van der Waals surface area (Å²) in [6, 6.07) is 8.70. The lowest BCUT2D eigenvalue weighted by molar-refractivity contribution is -0.115. The third-order valence-electron chi connectivity index (χ3n) is 3.62. The van der Waals surface area contributed by atoms with Gasteiger partial charge >= 0.3 is 5.97 Å². The molecule has 1 unspecified atom stereocenters. The van der Waals surface area contributed by atoms with Gasteiger partial charge in [-0.15, -0.1) is 0 Å². The molecule has 0 spiro atoms. The molecule has 4 nitrogen and oxygen atoms in total. The van der Waals surface area contributed by atoms with Crippen molar-refractivity contribution in [3.8, 4) is 0 Å². The van der Waals surface area contributed by atoms with Gasteiger partial charge < -0.3 is 14.3 Å². The van der Waals surface area contributed by atoms with Crippen molar-refractivity contribution in [2.45, 2.75) is 25.4 Å². The molecule has 1 fully saturated rings. The van der Waals surface area contributed by atoms with Crippen molar-refractivity contribution in [1.82, 2.24) is 0 Å². The fourth-order valence-electron chi connectivity index (χ4n) is 2.58. The highest BCUT2D eigenvalue weighted by Crippen LogP contribution is 2.35. The third kappa shape index (κ3) is 3.08. The van der Waals surface area contributed by atoms with Crippen LogP contribution in [0, 0.1) is 11.8 Å². The van der Waals surface area contributed by atoms with Crippen LogP contribution in [0.4, 0.5) is 0 Å². The van der Waals surface area contributed by atoms with Crippen LogP contribution in [-0.4, -0.2) is 24.6 Å². The van der Waals surface area contributed by atoms with Crippen LogP contribution >= 0.6 is 0 Å². The first kappa shape index (κ1) is 13.5. The summed E-state index contributed by atoms with van der Waals surface area (Å²) in [7, 11) is 0. The second-order valence-electron chi connectivity index (χ2n) is 4.76. The van der Waals surface area contributed by atoms with Gasteiger partial charge in [0, 0.05) is 6.42 Å². The van der Waals surface area contributed by atoms with E-state index >= 15 is 0 Å². The third-order valence-corrected chi connectivity index (χ3v) is 3.62. The summed E-state index contributed by atoms with van der Waals surface area (Å²) < 4.78 is 5.39. The molecule has 0 N–H and O–H groups in total. The Morgan fingerprint density at radius 2 is 1.95 bits per heavy atom. The number of hydrogen-bond acceptors (Lipinski definition) is 4. The molecule has 1 aliphatic carbocycles. The second-order valence-corrected chi connectivity index (χ2v) is 4.76. The lowest BCUT2D eigenvalue weighted by Crippen LogP contribution is -2.26. The zero-order valence-electron chi connectivity index (χ0n) is 10.5. The zero-order chi connectivity index (χ0) is 13.7. The summed E-state index contributed by atoms with van der Waals surface area (Å²) in [5, 5.41) is 0. The van der Waals surface area contributed by atoms with E-state index in [0.717, 1.165) is 19.0 Å². The molecular weight excluding hydrogens is 244 g/mol. The van der Waals surface area contributed by atoms with Crippen molar-refractivity contribution < 1.29 is 19.1 Å². The number of esters is 1. The maximum Gasteiger partial charge on any atom is 0.338 e. The van der Waals surface area contributed by atoms with Gasteiger partial charge in [-0.05, 0) is 30.9 Å². The van der Waals surface area contributed by atoms with Gasteiger partial charge in [-0.2, -0.15) is 0 Å². The molecule has 0 saturated heterocycles. The fraction of sp³-hybridized carbons (Fsp3) is 0.400. The number of benzene rings is 1. The summed E-state index contributed by atoms with van der Waals surface area (Å²) in [6.45, 7) is 0. The van der Waals surface area contributed by atoms with Crippen LogP contribution in [0.15, 0.2) is 30.3 Å². The van der Waals surface area contributed by atoms with Gasteiger partial charge in [0.1, 0.15) is 18.7 Å². The van der Waals surface area contributed by atoms with Gasteiger partial charge in [0.2, 0.25) is 0 Å². The predicted octanol–water partition coefficient (Wildman–Crippen LogP) is 2.03. The van der Waals surface area contributed by atoms with E-state index in [9.17, 15) is 14.4 Å². The largest absolute Gasteiger partial charge is 0.458 e. The van der Waals surface area contributed by atoms with Gasteiger partial charge in [-0.25, -0.2) is 4.79 Å². The number of hydrogen-bond donors (Lipinski definition) is 0. The van der Waals surface area contributed by atoms with Gasteiger partial charge in [0.25, 0.3) is 0 Å². The Hall–Kier alpha value is -1.97. The highest BCUT2D eigenvalue weighted by Gasteiger charge is 2.38. The van der Waals surface area contributed by atoms with Gasteiger partial charge in [-0.1, -0.05) is 18.2 Å². The van der Waals surface area contributed by atoms with Crippen molar-refractivity contribution in [3.05, 3.63) is 35.9 Å². The molecule has 4 heteroatoms. The smallest absolute Gasteiger partial charge is 0.338 e. The number of aldehydes is 2. The van der Waals surface area contributed by atoms with E-state index in [0.29, 0.717) is 18.4 Å². The van der Waals surface area contributed by atoms with Crippen LogP contribution in [0.5, 0.6) is 0 Å². The number of rotatable bonds is 5. The Morgan fingerprint density at radius 3 is 2.58 bits per heavy atom. The van der Waals surface area contributed by atoms with Crippen molar-refractivity contribution in [2.24, 2.45) is 11.8 Å². The van der Waals surface area contributed by atoms with Crippen LogP contribution in [0.25, 0.3) is 0 Å². The topological polar surface area (TPSA) is 60.4 Å². The molecule has 19 heavy (non-hydrogen) atoms. The lowest BCUT2D eigenvalue weighted by Gasteiger charge is -2.18. The maximum atomic E-state index is 11.9. The van der Waals surface area contributed by atoms with E-state index in [1.807, 2.05) is 6.07 Å². The first-order valence-corrected chi connectivity index (χ1v) is 6.41. The molecule has 0 aromatic heterocycles. The van der Waals surface area contributed by atoms with Gasteiger partial charge in [0.15, 0.2) is 0 Å². The summed E-state index contributed by atoms with van der Waals surface area (Å²) in [4.78, 5) is 33.6. The van der Waals surface area contributed by atoms with Crippen molar-refractivity contribution in [1.29, 1.82) is 0 Å². The molecule has 1 saturated carbocycles. The molecular formula is C15H16O4. The van der Waals surface area contributed by atoms with Crippen LogP contribution < -0.4 is 0 Å². The Kier molecular flexibility index (Phi) is 4.44. The minimum Gasteiger partial charge on any atom is -0.458 e. The summed E-state index contributed by atoms with van der Waals surface area (Å²) in [5.41, 5.74) is 0.478. The summed E-state index contributed by atoms with van der Waals surface area (Å²) in [6.07, 6.45) is 2.96.